The molecule has 2 N–H and O–H groups in total. The van der Waals surface area contributed by atoms with Gasteiger partial charge in [0.25, 0.3) is 0 Å². The number of carbonyl (C=O) groups is 1. The molecule has 2 saturated heterocycles. The second kappa shape index (κ2) is 4.11. The molecule has 1 aromatic rings. The second-order valence-corrected chi connectivity index (χ2v) is 5.00. The molecule has 2 aliphatic rings. The van der Waals surface area contributed by atoms with Gasteiger partial charge in [-0.05, 0) is 37.6 Å². The maximum atomic E-state index is 11.7. The zero-order valence-corrected chi connectivity index (χ0v) is 9.78. The highest BCUT2D eigenvalue weighted by Crippen LogP contribution is 2.41. The monoisotopic (exact) mass is 231 g/mol. The van der Waals surface area contributed by atoms with E-state index in [4.69, 9.17) is 0 Å². The van der Waals surface area contributed by atoms with Crippen LogP contribution in [0.25, 0.3) is 0 Å². The summed E-state index contributed by atoms with van der Waals surface area (Å²) >= 11 is 0. The highest BCUT2D eigenvalue weighted by atomic mass is 16.2. The third kappa shape index (κ3) is 1.82. The number of aromatic nitrogens is 1. The Kier molecular flexibility index (Phi) is 2.59. The number of piperidine rings is 1. The molecule has 1 amide bonds. The molecule has 3 heterocycles. The Hall–Kier alpha value is -1.42. The number of hydrogen-bond donors (Lipinski definition) is 2. The van der Waals surface area contributed by atoms with Crippen LogP contribution in [0.15, 0.2) is 24.5 Å². The Balaban J connectivity index is 1.94. The second-order valence-electron chi connectivity index (χ2n) is 5.00. The highest BCUT2D eigenvalue weighted by molar-refractivity contribution is 5.81. The standard InChI is InChI=1S/C13H17N3O/c17-12-8-11(10-2-1-5-15-9-10)13(16-12)3-6-14-7-4-13/h1-2,5,9,11,14H,3-4,6-8H2,(H,16,17). The van der Waals surface area contributed by atoms with Gasteiger partial charge >= 0.3 is 0 Å². The zero-order chi connectivity index (χ0) is 11.7. The zero-order valence-electron chi connectivity index (χ0n) is 9.78. The maximum Gasteiger partial charge on any atom is 0.221 e. The third-order valence-corrected chi connectivity index (χ3v) is 4.03. The van der Waals surface area contributed by atoms with Crippen molar-refractivity contribution in [1.82, 2.24) is 15.6 Å². The quantitative estimate of drug-likeness (QED) is 0.752. The van der Waals surface area contributed by atoms with Crippen LogP contribution in [-0.2, 0) is 4.79 Å². The van der Waals surface area contributed by atoms with Gasteiger partial charge in [-0.2, -0.15) is 0 Å². The van der Waals surface area contributed by atoms with Gasteiger partial charge in [0.15, 0.2) is 0 Å². The molecule has 2 fully saturated rings. The molecule has 1 atom stereocenters. The van der Waals surface area contributed by atoms with Gasteiger partial charge in [0.2, 0.25) is 5.91 Å². The molecular weight excluding hydrogens is 214 g/mol. The summed E-state index contributed by atoms with van der Waals surface area (Å²) in [4.78, 5) is 15.9. The van der Waals surface area contributed by atoms with Crippen molar-refractivity contribution in [2.45, 2.75) is 30.7 Å². The van der Waals surface area contributed by atoms with Crippen molar-refractivity contribution in [2.24, 2.45) is 0 Å². The number of amides is 1. The summed E-state index contributed by atoms with van der Waals surface area (Å²) in [6.45, 7) is 1.97. The van der Waals surface area contributed by atoms with Gasteiger partial charge < -0.3 is 10.6 Å². The Morgan fingerprint density at radius 2 is 2.18 bits per heavy atom. The lowest BCUT2D eigenvalue weighted by atomic mass is 9.75. The van der Waals surface area contributed by atoms with Crippen LogP contribution >= 0.6 is 0 Å². The number of nitrogens with zero attached hydrogens (tertiary/aromatic N) is 1. The van der Waals surface area contributed by atoms with Crippen molar-refractivity contribution in [2.75, 3.05) is 13.1 Å². The molecule has 0 aromatic carbocycles. The topological polar surface area (TPSA) is 54.0 Å². The molecule has 4 heteroatoms. The van der Waals surface area contributed by atoms with Crippen LogP contribution < -0.4 is 10.6 Å². The van der Waals surface area contributed by atoms with Gasteiger partial charge in [0, 0.05) is 30.3 Å². The Morgan fingerprint density at radius 3 is 2.88 bits per heavy atom. The van der Waals surface area contributed by atoms with Gasteiger partial charge in [0.05, 0.1) is 0 Å². The minimum Gasteiger partial charge on any atom is -0.350 e. The molecule has 2 aliphatic heterocycles. The average molecular weight is 231 g/mol. The van der Waals surface area contributed by atoms with E-state index in [-0.39, 0.29) is 17.4 Å². The Bertz CT molecular complexity index is 412. The molecule has 0 bridgehead atoms. The lowest BCUT2D eigenvalue weighted by Gasteiger charge is -2.38. The number of carbonyl (C=O) groups excluding carboxylic acids is 1. The summed E-state index contributed by atoms with van der Waals surface area (Å²) in [5.41, 5.74) is 1.15. The first-order valence-corrected chi connectivity index (χ1v) is 6.22. The summed E-state index contributed by atoms with van der Waals surface area (Å²) in [7, 11) is 0. The van der Waals surface area contributed by atoms with Crippen molar-refractivity contribution in [3.63, 3.8) is 0 Å². The normalized spacial score (nSPS) is 27.1. The van der Waals surface area contributed by atoms with E-state index in [0.717, 1.165) is 25.9 Å². The van der Waals surface area contributed by atoms with E-state index in [1.807, 2.05) is 12.3 Å². The summed E-state index contributed by atoms with van der Waals surface area (Å²) in [5, 5.41) is 6.57. The van der Waals surface area contributed by atoms with Crippen LogP contribution in [0, 0.1) is 0 Å². The molecule has 3 rings (SSSR count). The fraction of sp³-hybridized carbons (Fsp3) is 0.538. The minimum atomic E-state index is -0.0363. The van der Waals surface area contributed by atoms with Crippen LogP contribution in [0.4, 0.5) is 0 Å². The first-order valence-electron chi connectivity index (χ1n) is 6.22. The predicted octanol–water partition coefficient (Wildman–Crippen LogP) is 0.807. The van der Waals surface area contributed by atoms with E-state index in [9.17, 15) is 4.79 Å². The lowest BCUT2D eigenvalue weighted by molar-refractivity contribution is -0.119. The molecule has 4 nitrogen and oxygen atoms in total. The van der Waals surface area contributed by atoms with Crippen LogP contribution in [0.1, 0.15) is 30.7 Å². The Labute approximate surface area is 101 Å². The van der Waals surface area contributed by atoms with Crippen molar-refractivity contribution in [3.8, 4) is 0 Å². The first kappa shape index (κ1) is 10.7. The number of pyridine rings is 1. The molecule has 0 radical (unpaired) electrons. The summed E-state index contributed by atoms with van der Waals surface area (Å²) < 4.78 is 0. The van der Waals surface area contributed by atoms with Gasteiger partial charge in [-0.25, -0.2) is 0 Å². The molecular formula is C13H17N3O. The maximum absolute atomic E-state index is 11.7. The molecule has 0 aliphatic carbocycles. The van der Waals surface area contributed by atoms with Crippen molar-refractivity contribution < 1.29 is 4.79 Å². The average Bonchev–Trinajstić information content (AvgIpc) is 2.68. The first-order chi connectivity index (χ1) is 8.30. The van der Waals surface area contributed by atoms with Crippen molar-refractivity contribution >= 4 is 5.91 Å². The van der Waals surface area contributed by atoms with Gasteiger partial charge in [-0.15, -0.1) is 0 Å². The van der Waals surface area contributed by atoms with E-state index in [1.165, 1.54) is 5.56 Å². The summed E-state index contributed by atoms with van der Waals surface area (Å²) in [5.74, 6) is 0.464. The van der Waals surface area contributed by atoms with Gasteiger partial charge in [-0.3, -0.25) is 9.78 Å². The van der Waals surface area contributed by atoms with E-state index >= 15 is 0 Å². The van der Waals surface area contributed by atoms with E-state index in [1.54, 1.807) is 6.20 Å². The highest BCUT2D eigenvalue weighted by Gasteiger charge is 2.47. The fourth-order valence-electron chi connectivity index (χ4n) is 3.16. The van der Waals surface area contributed by atoms with Crippen molar-refractivity contribution in [1.29, 1.82) is 0 Å². The van der Waals surface area contributed by atoms with Crippen LogP contribution in [0.3, 0.4) is 0 Å². The number of nitrogens with one attached hydrogen (secondary N) is 2. The van der Waals surface area contributed by atoms with E-state index in [2.05, 4.69) is 21.7 Å². The lowest BCUT2D eigenvalue weighted by Crippen LogP contribution is -2.52. The van der Waals surface area contributed by atoms with Crippen LogP contribution in [-0.4, -0.2) is 29.5 Å². The minimum absolute atomic E-state index is 0.0363. The Morgan fingerprint density at radius 1 is 1.35 bits per heavy atom. The van der Waals surface area contributed by atoms with Crippen molar-refractivity contribution in [3.05, 3.63) is 30.1 Å². The molecule has 1 spiro atoms. The molecule has 17 heavy (non-hydrogen) atoms. The van der Waals surface area contributed by atoms with Crippen LogP contribution in [0.2, 0.25) is 0 Å². The fourth-order valence-corrected chi connectivity index (χ4v) is 3.16. The van der Waals surface area contributed by atoms with E-state index < -0.39 is 0 Å². The third-order valence-electron chi connectivity index (χ3n) is 4.03. The predicted molar refractivity (Wildman–Crippen MR) is 64.6 cm³/mol. The number of rotatable bonds is 1. The SMILES string of the molecule is O=C1CC(c2cccnc2)C2(CCNCC2)N1. The largest absolute Gasteiger partial charge is 0.350 e. The molecule has 0 saturated carbocycles. The smallest absolute Gasteiger partial charge is 0.221 e. The van der Waals surface area contributed by atoms with Gasteiger partial charge in [-0.1, -0.05) is 6.07 Å². The molecule has 90 valence electrons. The molecule has 1 unspecified atom stereocenters. The molecule has 1 aromatic heterocycles. The van der Waals surface area contributed by atoms with Crippen LogP contribution in [0.5, 0.6) is 0 Å². The number of hydrogen-bond acceptors (Lipinski definition) is 3. The summed E-state index contributed by atoms with van der Waals surface area (Å²) in [6.07, 6.45) is 6.31. The van der Waals surface area contributed by atoms with E-state index in [0.29, 0.717) is 6.42 Å². The van der Waals surface area contributed by atoms with Gasteiger partial charge in [0.1, 0.15) is 0 Å². The summed E-state index contributed by atoms with van der Waals surface area (Å²) in [6, 6.07) is 4.04.